The van der Waals surface area contributed by atoms with Gasteiger partial charge in [-0.05, 0) is 49.6 Å². The van der Waals surface area contributed by atoms with Gasteiger partial charge in [0.1, 0.15) is 5.82 Å². The van der Waals surface area contributed by atoms with Crippen LogP contribution in [0, 0.1) is 6.92 Å². The molecule has 0 spiro atoms. The van der Waals surface area contributed by atoms with E-state index >= 15 is 0 Å². The Labute approximate surface area is 205 Å². The van der Waals surface area contributed by atoms with E-state index in [2.05, 4.69) is 87.2 Å². The molecule has 1 fully saturated rings. The van der Waals surface area contributed by atoms with E-state index in [0.29, 0.717) is 6.54 Å². The van der Waals surface area contributed by atoms with Gasteiger partial charge in [0.2, 0.25) is 0 Å². The summed E-state index contributed by atoms with van der Waals surface area (Å²) in [5.41, 5.74) is 4.93. The molecule has 0 radical (unpaired) electrons. The Morgan fingerprint density at radius 3 is 2.74 bits per heavy atom. The van der Waals surface area contributed by atoms with Crippen molar-refractivity contribution in [3.63, 3.8) is 0 Å². The third kappa shape index (κ3) is 5.32. The molecule has 3 heterocycles. The number of fused-ring (bicyclic) bond motifs is 1. The smallest absolute Gasteiger partial charge is 0.191 e. The Kier molecular flexibility index (Phi) is 7.23. The molecule has 1 aliphatic heterocycles. The van der Waals surface area contributed by atoms with Gasteiger partial charge in [0, 0.05) is 30.5 Å². The number of nitrogens with zero attached hydrogens (tertiary/aromatic N) is 5. The van der Waals surface area contributed by atoms with Gasteiger partial charge in [0.05, 0.1) is 24.7 Å². The van der Waals surface area contributed by atoms with Crippen LogP contribution in [0.25, 0.3) is 10.9 Å². The minimum absolute atomic E-state index is 0.236. The van der Waals surface area contributed by atoms with E-state index in [1.165, 1.54) is 22.1 Å². The van der Waals surface area contributed by atoms with Crippen LogP contribution < -0.4 is 0 Å². The number of hydrogen-bond acceptors (Lipinski definition) is 6. The minimum Gasteiger partial charge on any atom is -0.376 e. The van der Waals surface area contributed by atoms with Crippen molar-refractivity contribution in [2.45, 2.75) is 56.4 Å². The van der Waals surface area contributed by atoms with Crippen LogP contribution >= 0.6 is 11.8 Å². The molecule has 6 nitrogen and oxygen atoms in total. The number of hydrogen-bond donors (Lipinski definition) is 0. The van der Waals surface area contributed by atoms with Gasteiger partial charge >= 0.3 is 0 Å². The second-order valence-corrected chi connectivity index (χ2v) is 9.97. The van der Waals surface area contributed by atoms with Crippen molar-refractivity contribution < 1.29 is 4.74 Å². The van der Waals surface area contributed by atoms with Gasteiger partial charge in [0.15, 0.2) is 5.16 Å². The molecule has 1 saturated heterocycles. The van der Waals surface area contributed by atoms with Crippen molar-refractivity contribution in [2.24, 2.45) is 0 Å². The molecule has 1 unspecified atom stereocenters. The molecule has 7 heteroatoms. The molecule has 4 aromatic rings. The van der Waals surface area contributed by atoms with E-state index in [1.54, 1.807) is 11.8 Å². The minimum atomic E-state index is 0.236. The van der Waals surface area contributed by atoms with Gasteiger partial charge in [-0.3, -0.25) is 9.88 Å². The van der Waals surface area contributed by atoms with Gasteiger partial charge in [-0.25, -0.2) is 0 Å². The van der Waals surface area contributed by atoms with E-state index in [-0.39, 0.29) is 6.10 Å². The van der Waals surface area contributed by atoms with Crippen LogP contribution in [0.2, 0.25) is 0 Å². The number of para-hydroxylation sites is 1. The lowest BCUT2D eigenvalue weighted by atomic mass is 10.1. The summed E-state index contributed by atoms with van der Waals surface area (Å²) in [7, 11) is 2.13. The van der Waals surface area contributed by atoms with Crippen molar-refractivity contribution in [1.82, 2.24) is 24.6 Å². The number of aromatic nitrogens is 4. The summed E-state index contributed by atoms with van der Waals surface area (Å²) in [5, 5.41) is 11.3. The molecular weight excluding hydrogens is 442 g/mol. The van der Waals surface area contributed by atoms with Gasteiger partial charge < -0.3 is 9.30 Å². The monoisotopic (exact) mass is 473 g/mol. The second-order valence-electron chi connectivity index (χ2n) is 9.02. The molecule has 0 bridgehead atoms. The fraction of sp³-hybridized carbons (Fsp3) is 0.370. The van der Waals surface area contributed by atoms with Crippen LogP contribution in [-0.2, 0) is 30.1 Å². The highest BCUT2D eigenvalue weighted by atomic mass is 32.2. The highest BCUT2D eigenvalue weighted by Gasteiger charge is 2.22. The summed E-state index contributed by atoms with van der Waals surface area (Å²) in [4.78, 5) is 6.90. The predicted molar refractivity (Wildman–Crippen MR) is 137 cm³/mol. The quantitative estimate of drug-likeness (QED) is 0.310. The van der Waals surface area contributed by atoms with E-state index < -0.39 is 0 Å². The van der Waals surface area contributed by atoms with E-state index in [4.69, 9.17) is 4.74 Å². The molecule has 0 aliphatic carbocycles. The Balaban J connectivity index is 1.34. The number of thioether (sulfide) groups is 1. The standard InChI is InChI=1S/C27H31N5OS/c1-20-8-3-4-9-23(20)19-34-27-30-29-25(32(27)17-24-13-7-15-33-24)18-31(2)16-22-11-5-10-21-12-6-14-28-26(21)22/h3-6,8-12,14,24H,7,13,15-19H2,1-2H3. The van der Waals surface area contributed by atoms with Gasteiger partial charge in [0.25, 0.3) is 0 Å². The van der Waals surface area contributed by atoms with Crippen LogP contribution in [0.4, 0.5) is 0 Å². The first-order valence-electron chi connectivity index (χ1n) is 11.9. The molecule has 0 amide bonds. The highest BCUT2D eigenvalue weighted by Crippen LogP contribution is 2.26. The maximum atomic E-state index is 5.96. The average molecular weight is 474 g/mol. The first-order valence-corrected chi connectivity index (χ1v) is 12.9. The van der Waals surface area contributed by atoms with Crippen LogP contribution in [0.1, 0.15) is 35.4 Å². The van der Waals surface area contributed by atoms with Crippen LogP contribution in [0.3, 0.4) is 0 Å². The number of benzene rings is 2. The van der Waals surface area contributed by atoms with Crippen LogP contribution in [0.5, 0.6) is 0 Å². The molecule has 2 aromatic carbocycles. The average Bonchev–Trinajstić information content (AvgIpc) is 3.50. The zero-order chi connectivity index (χ0) is 23.3. The first kappa shape index (κ1) is 23.0. The molecule has 1 aliphatic rings. The summed E-state index contributed by atoms with van der Waals surface area (Å²) < 4.78 is 8.23. The Morgan fingerprint density at radius 2 is 1.88 bits per heavy atom. The summed E-state index contributed by atoms with van der Waals surface area (Å²) in [6, 6.07) is 19.0. The SMILES string of the molecule is Cc1ccccc1CSc1nnc(CN(C)Cc2cccc3cccnc23)n1CC1CCCO1. The lowest BCUT2D eigenvalue weighted by Crippen LogP contribution is -2.23. The maximum Gasteiger partial charge on any atom is 0.191 e. The Hall–Kier alpha value is -2.74. The molecule has 0 saturated carbocycles. The number of aryl methyl sites for hydroxylation is 1. The second kappa shape index (κ2) is 10.7. The summed E-state index contributed by atoms with van der Waals surface area (Å²) in [5.74, 6) is 1.87. The summed E-state index contributed by atoms with van der Waals surface area (Å²) >= 11 is 1.76. The fourth-order valence-electron chi connectivity index (χ4n) is 4.52. The molecule has 34 heavy (non-hydrogen) atoms. The van der Waals surface area contributed by atoms with E-state index in [1.807, 2.05) is 12.3 Å². The van der Waals surface area contributed by atoms with Gasteiger partial charge in [-0.15, -0.1) is 10.2 Å². The summed E-state index contributed by atoms with van der Waals surface area (Å²) in [6.07, 6.45) is 4.32. The van der Waals surface area contributed by atoms with Gasteiger partial charge in [-0.2, -0.15) is 0 Å². The maximum absolute atomic E-state index is 5.96. The molecule has 0 N–H and O–H groups in total. The molecule has 2 aromatic heterocycles. The first-order chi connectivity index (χ1) is 16.7. The van der Waals surface area contributed by atoms with E-state index in [9.17, 15) is 0 Å². The van der Waals surface area contributed by atoms with Crippen molar-refractivity contribution in [1.29, 1.82) is 0 Å². The normalized spacial score (nSPS) is 16.0. The lowest BCUT2D eigenvalue weighted by Gasteiger charge is -2.19. The van der Waals surface area contributed by atoms with Crippen LogP contribution in [0.15, 0.2) is 66.0 Å². The third-order valence-electron chi connectivity index (χ3n) is 6.39. The summed E-state index contributed by atoms with van der Waals surface area (Å²) in [6.45, 7) is 5.33. The number of pyridine rings is 1. The highest BCUT2D eigenvalue weighted by molar-refractivity contribution is 7.98. The lowest BCUT2D eigenvalue weighted by molar-refractivity contribution is 0.0934. The van der Waals surface area contributed by atoms with Gasteiger partial charge in [-0.1, -0.05) is 60.3 Å². The zero-order valence-electron chi connectivity index (χ0n) is 19.9. The zero-order valence-corrected chi connectivity index (χ0v) is 20.7. The number of rotatable bonds is 9. The van der Waals surface area contributed by atoms with Crippen molar-refractivity contribution in [2.75, 3.05) is 13.7 Å². The van der Waals surface area contributed by atoms with Crippen molar-refractivity contribution in [3.05, 3.63) is 83.3 Å². The van der Waals surface area contributed by atoms with Crippen molar-refractivity contribution >= 4 is 22.7 Å². The number of ether oxygens (including phenoxy) is 1. The Morgan fingerprint density at radius 1 is 1.03 bits per heavy atom. The molecule has 176 valence electrons. The largest absolute Gasteiger partial charge is 0.376 e. The van der Waals surface area contributed by atoms with E-state index in [0.717, 1.165) is 54.8 Å². The topological polar surface area (TPSA) is 56.1 Å². The molecule has 5 rings (SSSR count). The predicted octanol–water partition coefficient (Wildman–Crippen LogP) is 5.24. The Bertz CT molecular complexity index is 1250. The van der Waals surface area contributed by atoms with Crippen LogP contribution in [-0.4, -0.2) is 44.4 Å². The van der Waals surface area contributed by atoms with Crippen molar-refractivity contribution in [3.8, 4) is 0 Å². The molecular formula is C27H31N5OS. The molecule has 1 atom stereocenters. The fourth-order valence-corrected chi connectivity index (χ4v) is 5.56. The third-order valence-corrected chi connectivity index (χ3v) is 7.41.